The zero-order chi connectivity index (χ0) is 57.2. The molecule has 0 aliphatic carbocycles. The van der Waals surface area contributed by atoms with Crippen LogP contribution in [0.25, 0.3) is 0 Å². The molecule has 1 N–H and O–H groups in total. The van der Waals surface area contributed by atoms with Gasteiger partial charge in [-0.1, -0.05) is 269 Å². The van der Waals surface area contributed by atoms with E-state index in [2.05, 4.69) is 62.5 Å². The molecule has 0 aromatic carbocycles. The number of hydrogen-bond acceptors (Lipinski definition) is 7. The maximum absolute atomic E-state index is 13.5. The Balaban J connectivity index is 5.13. The number of likely N-dealkylation sites (N-methyl/N-ethyl adjacent to an activating group) is 1. The average Bonchev–Trinajstić information content (AvgIpc) is 3.40. The summed E-state index contributed by atoms with van der Waals surface area (Å²) in [4.78, 5) is 40.1. The Labute approximate surface area is 484 Å². The number of quaternary nitrogens is 1. The second kappa shape index (κ2) is 58.2. The first-order valence-electron chi connectivity index (χ1n) is 33.4. The monoisotopic (exact) mass is 1120 g/mol. The van der Waals surface area contributed by atoms with Crippen molar-refractivity contribution in [1.29, 1.82) is 0 Å². The molecule has 458 valence electrons. The molecule has 0 radical (unpaired) electrons. The van der Waals surface area contributed by atoms with Gasteiger partial charge in [0.2, 0.25) is 5.91 Å². The number of phosphoric ester groups is 1. The molecule has 0 saturated carbocycles. The van der Waals surface area contributed by atoms with Crippen molar-refractivity contribution in [2.24, 2.45) is 0 Å². The van der Waals surface area contributed by atoms with Gasteiger partial charge in [0, 0.05) is 12.8 Å². The SMILES string of the molecule is CCCCC/C=C\C/C=C\CCCCCCCCCCCCCCCC(=O)OC(/C=C\CCCCCCCCCCCC)C(COP(=O)([O-])OCC[N+](C)(C)C)NC(=O)CCCCCCCCC/C=C/CCCCCCCC. The number of hydrogen-bond donors (Lipinski definition) is 1. The summed E-state index contributed by atoms with van der Waals surface area (Å²) in [7, 11) is 1.19. The quantitative estimate of drug-likeness (QED) is 0.0212. The number of phosphoric acid groups is 1. The van der Waals surface area contributed by atoms with Gasteiger partial charge in [-0.25, -0.2) is 0 Å². The van der Waals surface area contributed by atoms with Gasteiger partial charge in [-0.15, -0.1) is 0 Å². The number of unbranched alkanes of at least 4 members (excludes halogenated alkanes) is 39. The number of nitrogens with one attached hydrogen (secondary N) is 1. The zero-order valence-electron chi connectivity index (χ0n) is 52.4. The standard InChI is InChI=1S/C68H129N2O7P/c1-7-10-13-16-19-22-25-28-30-32-33-34-35-36-37-39-41-43-46-49-52-55-58-61-68(72)77-66(59-56-53-50-47-44-27-24-21-18-15-12-9-3)65(64-76-78(73,74)75-63-62-70(4,5)6)69-67(71)60-57-54-51-48-45-42-40-38-31-29-26-23-20-17-14-11-8-2/h19,22,28-31,56,59,65-66H,7-18,20-21,23-27,32-55,57-58,60-64H2,1-6H3,(H-,69,71,73,74)/b22-19-,30-28-,31-29+,59-56-. The molecule has 3 unspecified atom stereocenters. The first-order chi connectivity index (χ1) is 37.9. The van der Waals surface area contributed by atoms with Gasteiger partial charge < -0.3 is 28.5 Å². The summed E-state index contributed by atoms with van der Waals surface area (Å²) >= 11 is 0. The normalized spacial score (nSPS) is 13.9. The summed E-state index contributed by atoms with van der Waals surface area (Å²) in [6.45, 7) is 6.85. The summed E-state index contributed by atoms with van der Waals surface area (Å²) in [5, 5.41) is 3.04. The molecule has 0 spiro atoms. The van der Waals surface area contributed by atoms with Crippen molar-refractivity contribution in [3.63, 3.8) is 0 Å². The molecule has 0 fully saturated rings. The highest BCUT2D eigenvalue weighted by Crippen LogP contribution is 2.38. The van der Waals surface area contributed by atoms with Crippen LogP contribution in [-0.4, -0.2) is 69.4 Å². The Morgan fingerprint density at radius 1 is 0.449 bits per heavy atom. The molecule has 0 aliphatic heterocycles. The Morgan fingerprint density at radius 3 is 1.19 bits per heavy atom. The minimum Gasteiger partial charge on any atom is -0.756 e. The molecule has 0 aromatic rings. The van der Waals surface area contributed by atoms with Crippen molar-refractivity contribution in [3.05, 3.63) is 48.6 Å². The van der Waals surface area contributed by atoms with Crippen LogP contribution in [0.3, 0.4) is 0 Å². The number of esters is 1. The highest BCUT2D eigenvalue weighted by atomic mass is 31.2. The molecular weight excluding hydrogens is 988 g/mol. The fourth-order valence-electron chi connectivity index (χ4n) is 9.78. The lowest BCUT2D eigenvalue weighted by molar-refractivity contribution is -0.870. The van der Waals surface area contributed by atoms with E-state index in [0.29, 0.717) is 17.4 Å². The number of rotatable bonds is 61. The summed E-state index contributed by atoms with van der Waals surface area (Å²) < 4.78 is 30.4. The summed E-state index contributed by atoms with van der Waals surface area (Å²) in [6, 6.07) is -0.889. The topological polar surface area (TPSA) is 114 Å². The van der Waals surface area contributed by atoms with Crippen molar-refractivity contribution in [2.75, 3.05) is 40.9 Å². The molecule has 10 heteroatoms. The number of carbonyl (C=O) groups excluding carboxylic acids is 2. The smallest absolute Gasteiger partial charge is 0.306 e. The van der Waals surface area contributed by atoms with Gasteiger partial charge in [0.1, 0.15) is 19.3 Å². The van der Waals surface area contributed by atoms with E-state index in [1.165, 1.54) is 212 Å². The first-order valence-corrected chi connectivity index (χ1v) is 34.9. The predicted molar refractivity (Wildman–Crippen MR) is 335 cm³/mol. The number of nitrogens with zero attached hydrogens (tertiary/aromatic N) is 1. The van der Waals surface area contributed by atoms with E-state index >= 15 is 0 Å². The third-order valence-corrected chi connectivity index (χ3v) is 15.9. The minimum absolute atomic E-state index is 0.0222. The zero-order valence-corrected chi connectivity index (χ0v) is 53.3. The Bertz CT molecular complexity index is 1470. The van der Waals surface area contributed by atoms with Gasteiger partial charge in [-0.3, -0.25) is 14.2 Å². The Kier molecular flexibility index (Phi) is 56.7. The highest BCUT2D eigenvalue weighted by molar-refractivity contribution is 7.45. The fourth-order valence-corrected chi connectivity index (χ4v) is 10.5. The van der Waals surface area contributed by atoms with Gasteiger partial charge in [0.25, 0.3) is 7.82 Å². The number of ether oxygens (including phenoxy) is 1. The maximum atomic E-state index is 13.5. The summed E-state index contributed by atoms with van der Waals surface area (Å²) in [5.74, 6) is -0.535. The van der Waals surface area contributed by atoms with Gasteiger partial charge in [0.15, 0.2) is 0 Å². The molecular formula is C68H129N2O7P. The van der Waals surface area contributed by atoms with E-state index in [0.717, 1.165) is 77.0 Å². The van der Waals surface area contributed by atoms with E-state index in [9.17, 15) is 19.0 Å². The second-order valence-electron chi connectivity index (χ2n) is 24.0. The van der Waals surface area contributed by atoms with Crippen molar-refractivity contribution in [3.8, 4) is 0 Å². The highest BCUT2D eigenvalue weighted by Gasteiger charge is 2.27. The lowest BCUT2D eigenvalue weighted by Gasteiger charge is -2.30. The molecule has 3 atom stereocenters. The minimum atomic E-state index is -4.70. The fraction of sp³-hybridized carbons (Fsp3) is 0.853. The molecule has 0 aliphatic rings. The maximum Gasteiger partial charge on any atom is 0.306 e. The molecule has 9 nitrogen and oxygen atoms in total. The van der Waals surface area contributed by atoms with E-state index in [1.807, 2.05) is 33.3 Å². The van der Waals surface area contributed by atoms with Crippen molar-refractivity contribution >= 4 is 19.7 Å². The van der Waals surface area contributed by atoms with Crippen LogP contribution in [0.4, 0.5) is 0 Å². The number of allylic oxidation sites excluding steroid dienone is 7. The molecule has 0 heterocycles. The van der Waals surface area contributed by atoms with Crippen LogP contribution >= 0.6 is 7.82 Å². The first kappa shape index (κ1) is 76.0. The van der Waals surface area contributed by atoms with Gasteiger partial charge in [-0.05, 0) is 89.5 Å². The van der Waals surface area contributed by atoms with E-state index in [-0.39, 0.29) is 31.5 Å². The van der Waals surface area contributed by atoms with Crippen LogP contribution in [0, 0.1) is 0 Å². The second-order valence-corrected chi connectivity index (χ2v) is 25.4. The third kappa shape index (κ3) is 58.6. The number of carbonyl (C=O) groups is 2. The van der Waals surface area contributed by atoms with E-state index < -0.39 is 20.0 Å². The molecule has 0 saturated heterocycles. The molecule has 0 rings (SSSR count). The third-order valence-electron chi connectivity index (χ3n) is 15.0. The van der Waals surface area contributed by atoms with Crippen LogP contribution in [0.15, 0.2) is 48.6 Å². The molecule has 78 heavy (non-hydrogen) atoms. The summed E-state index contributed by atoms with van der Waals surface area (Å²) in [6.07, 6.45) is 72.2. The van der Waals surface area contributed by atoms with Crippen LogP contribution in [0.5, 0.6) is 0 Å². The predicted octanol–water partition coefficient (Wildman–Crippen LogP) is 20.2. The Morgan fingerprint density at radius 2 is 0.782 bits per heavy atom. The number of amides is 1. The molecule has 0 bridgehead atoms. The van der Waals surface area contributed by atoms with Gasteiger partial charge >= 0.3 is 5.97 Å². The van der Waals surface area contributed by atoms with Crippen molar-refractivity contribution in [1.82, 2.24) is 5.32 Å². The summed E-state index contributed by atoms with van der Waals surface area (Å²) in [5.41, 5.74) is 0. The molecule has 1 amide bonds. The average molecular weight is 1120 g/mol. The van der Waals surface area contributed by atoms with Crippen LogP contribution in [0.1, 0.15) is 323 Å². The van der Waals surface area contributed by atoms with Crippen molar-refractivity contribution < 1.29 is 37.3 Å². The van der Waals surface area contributed by atoms with Crippen LogP contribution in [-0.2, 0) is 27.9 Å². The largest absolute Gasteiger partial charge is 0.756 e. The van der Waals surface area contributed by atoms with Crippen LogP contribution < -0.4 is 10.2 Å². The van der Waals surface area contributed by atoms with Crippen molar-refractivity contribution in [2.45, 2.75) is 335 Å². The van der Waals surface area contributed by atoms with Crippen LogP contribution in [0.2, 0.25) is 0 Å². The lowest BCUT2D eigenvalue weighted by atomic mass is 10.0. The lowest BCUT2D eigenvalue weighted by Crippen LogP contribution is -2.47. The molecule has 0 aromatic heterocycles. The van der Waals surface area contributed by atoms with E-state index in [1.54, 1.807) is 0 Å². The van der Waals surface area contributed by atoms with E-state index in [4.69, 9.17) is 13.8 Å². The van der Waals surface area contributed by atoms with Gasteiger partial charge in [0.05, 0.1) is 33.8 Å². The van der Waals surface area contributed by atoms with Gasteiger partial charge in [-0.2, -0.15) is 0 Å². The Hall–Kier alpha value is -2.03.